The fourth-order valence-electron chi connectivity index (χ4n) is 1.69. The Hall–Kier alpha value is -2.82. The Morgan fingerprint density at radius 2 is 1.42 bits per heavy atom. The second-order valence-corrected chi connectivity index (χ2v) is 4.74. The molecule has 0 heterocycles. The van der Waals surface area contributed by atoms with Gasteiger partial charge in [-0.3, -0.25) is 19.2 Å². The summed E-state index contributed by atoms with van der Waals surface area (Å²) in [6.45, 7) is 7.87. The molecule has 0 spiro atoms. The van der Waals surface area contributed by atoms with Gasteiger partial charge >= 0.3 is 23.9 Å². The summed E-state index contributed by atoms with van der Waals surface area (Å²) in [6.07, 6.45) is 1.37. The minimum atomic E-state index is -1.34. The zero-order chi connectivity index (χ0) is 18.9. The predicted molar refractivity (Wildman–Crippen MR) is 81.3 cm³/mol. The summed E-state index contributed by atoms with van der Waals surface area (Å²) < 4.78 is 19.8. The van der Waals surface area contributed by atoms with Crippen molar-refractivity contribution < 1.29 is 38.1 Å². The van der Waals surface area contributed by atoms with Gasteiger partial charge in [-0.05, 0) is 0 Å². The molecular weight excluding hydrogens is 320 g/mol. The van der Waals surface area contributed by atoms with Crippen LogP contribution in [0.4, 0.5) is 0 Å². The third kappa shape index (κ3) is 7.98. The molecule has 0 aliphatic carbocycles. The number of carbonyl (C=O) groups excluding carboxylic acids is 4. The summed E-state index contributed by atoms with van der Waals surface area (Å²) in [7, 11) is 0. The fraction of sp³-hybridized carbons (Fsp3) is 0.500. The van der Waals surface area contributed by atoms with Crippen LogP contribution in [0.25, 0.3) is 0 Å². The number of ether oxygens (including phenoxy) is 4. The van der Waals surface area contributed by atoms with Crippen LogP contribution >= 0.6 is 0 Å². The molecule has 0 saturated heterocycles. The summed E-state index contributed by atoms with van der Waals surface area (Å²) in [5, 5.41) is 0. The molecule has 8 heteroatoms. The SMILES string of the molecule is C#C[C@H](OC(C)=O)[C@@H](OC(C)=O)[C@H](OC(C)=O)C(=C)COC(C)=O. The summed E-state index contributed by atoms with van der Waals surface area (Å²) in [5.74, 6) is -0.624. The lowest BCUT2D eigenvalue weighted by Crippen LogP contribution is -2.46. The Labute approximate surface area is 140 Å². The number of carbonyl (C=O) groups is 4. The van der Waals surface area contributed by atoms with Gasteiger partial charge in [-0.15, -0.1) is 6.42 Å². The lowest BCUT2D eigenvalue weighted by molar-refractivity contribution is -0.175. The maximum atomic E-state index is 11.4. The molecule has 0 amide bonds. The van der Waals surface area contributed by atoms with Crippen LogP contribution in [0.1, 0.15) is 27.7 Å². The molecule has 0 fully saturated rings. The van der Waals surface area contributed by atoms with Gasteiger partial charge in [0, 0.05) is 33.3 Å². The van der Waals surface area contributed by atoms with Crippen molar-refractivity contribution in [3.8, 4) is 12.3 Å². The van der Waals surface area contributed by atoms with E-state index in [2.05, 4.69) is 12.5 Å². The Morgan fingerprint density at radius 3 is 1.79 bits per heavy atom. The highest BCUT2D eigenvalue weighted by molar-refractivity contribution is 5.69. The molecule has 8 nitrogen and oxygen atoms in total. The standard InChI is InChI=1S/C16H20O8/c1-7-14(22-11(4)18)16(24-13(6)20)15(23-12(5)19)9(2)8-21-10(3)17/h1,14-16H,2,8H2,3-6H3/t14-,15+,16+/m0/s1. The molecule has 0 N–H and O–H groups in total. The Kier molecular flexibility index (Phi) is 8.87. The Bertz CT molecular complexity index is 557. The molecule has 24 heavy (non-hydrogen) atoms. The van der Waals surface area contributed by atoms with Crippen molar-refractivity contribution in [3.63, 3.8) is 0 Å². The van der Waals surface area contributed by atoms with E-state index in [0.717, 1.165) is 20.8 Å². The van der Waals surface area contributed by atoms with Crippen molar-refractivity contribution in [2.45, 2.75) is 46.0 Å². The minimum absolute atomic E-state index is 0.0963. The molecular formula is C16H20O8. The third-order valence-electron chi connectivity index (χ3n) is 2.51. The lowest BCUT2D eigenvalue weighted by Gasteiger charge is -2.30. The molecule has 0 aliphatic heterocycles. The molecule has 0 rings (SSSR count). The molecule has 0 aromatic heterocycles. The van der Waals surface area contributed by atoms with Crippen molar-refractivity contribution in [3.05, 3.63) is 12.2 Å². The first-order valence-corrected chi connectivity index (χ1v) is 6.87. The van der Waals surface area contributed by atoms with Gasteiger partial charge < -0.3 is 18.9 Å². The van der Waals surface area contributed by atoms with Crippen LogP contribution < -0.4 is 0 Å². The van der Waals surface area contributed by atoms with E-state index in [1.807, 2.05) is 0 Å². The van der Waals surface area contributed by atoms with Gasteiger partial charge in [-0.1, -0.05) is 12.5 Å². The number of hydrogen-bond donors (Lipinski definition) is 0. The van der Waals surface area contributed by atoms with Crippen LogP contribution in [0.5, 0.6) is 0 Å². The molecule has 0 aliphatic rings. The number of terminal acetylenes is 1. The van der Waals surface area contributed by atoms with E-state index in [-0.39, 0.29) is 12.2 Å². The summed E-state index contributed by atoms with van der Waals surface area (Å²) in [6, 6.07) is 0. The van der Waals surface area contributed by atoms with Crippen molar-refractivity contribution in [1.82, 2.24) is 0 Å². The topological polar surface area (TPSA) is 105 Å². The van der Waals surface area contributed by atoms with Gasteiger partial charge in [0.2, 0.25) is 6.10 Å². The second-order valence-electron chi connectivity index (χ2n) is 4.74. The predicted octanol–water partition coefficient (Wildman–Crippen LogP) is 0.534. The maximum absolute atomic E-state index is 11.4. The first-order chi connectivity index (χ1) is 11.1. The van der Waals surface area contributed by atoms with E-state index in [4.69, 9.17) is 25.4 Å². The van der Waals surface area contributed by atoms with Gasteiger partial charge in [-0.25, -0.2) is 0 Å². The smallest absolute Gasteiger partial charge is 0.304 e. The van der Waals surface area contributed by atoms with Crippen molar-refractivity contribution in [1.29, 1.82) is 0 Å². The highest BCUT2D eigenvalue weighted by Gasteiger charge is 2.38. The molecule has 0 unspecified atom stereocenters. The Morgan fingerprint density at radius 1 is 0.917 bits per heavy atom. The van der Waals surface area contributed by atoms with Crippen molar-refractivity contribution >= 4 is 23.9 Å². The van der Waals surface area contributed by atoms with E-state index in [9.17, 15) is 19.2 Å². The van der Waals surface area contributed by atoms with Crippen LogP contribution in [0.3, 0.4) is 0 Å². The molecule has 132 valence electrons. The monoisotopic (exact) mass is 340 g/mol. The van der Waals surface area contributed by atoms with E-state index in [1.165, 1.54) is 6.92 Å². The third-order valence-corrected chi connectivity index (χ3v) is 2.51. The molecule has 0 aromatic carbocycles. The van der Waals surface area contributed by atoms with Gasteiger partial charge in [-0.2, -0.15) is 0 Å². The van der Waals surface area contributed by atoms with Crippen LogP contribution in [0, 0.1) is 12.3 Å². The number of hydrogen-bond acceptors (Lipinski definition) is 8. The quantitative estimate of drug-likeness (QED) is 0.273. The molecule has 0 radical (unpaired) electrons. The van der Waals surface area contributed by atoms with Gasteiger partial charge in [0.1, 0.15) is 6.61 Å². The van der Waals surface area contributed by atoms with Crippen LogP contribution in [0.2, 0.25) is 0 Å². The summed E-state index contributed by atoms with van der Waals surface area (Å²) in [4.78, 5) is 44.8. The molecule has 0 aromatic rings. The van der Waals surface area contributed by atoms with Gasteiger partial charge in [0.05, 0.1) is 0 Å². The lowest BCUT2D eigenvalue weighted by atomic mass is 10.0. The van der Waals surface area contributed by atoms with E-state index < -0.39 is 42.2 Å². The van der Waals surface area contributed by atoms with E-state index in [1.54, 1.807) is 0 Å². The minimum Gasteiger partial charge on any atom is -0.461 e. The van der Waals surface area contributed by atoms with Gasteiger partial charge in [0.25, 0.3) is 0 Å². The van der Waals surface area contributed by atoms with Crippen LogP contribution in [-0.2, 0) is 38.1 Å². The van der Waals surface area contributed by atoms with Gasteiger partial charge in [0.15, 0.2) is 12.2 Å². The van der Waals surface area contributed by atoms with Crippen molar-refractivity contribution in [2.75, 3.05) is 6.61 Å². The number of esters is 4. The zero-order valence-corrected chi connectivity index (χ0v) is 14.0. The van der Waals surface area contributed by atoms with Crippen LogP contribution in [0.15, 0.2) is 12.2 Å². The molecule has 0 bridgehead atoms. The molecule has 3 atom stereocenters. The first kappa shape index (κ1) is 21.2. The summed E-state index contributed by atoms with van der Waals surface area (Å²) >= 11 is 0. The highest BCUT2D eigenvalue weighted by atomic mass is 16.6. The zero-order valence-electron chi connectivity index (χ0n) is 14.0. The van der Waals surface area contributed by atoms with Crippen LogP contribution in [-0.4, -0.2) is 48.8 Å². The Balaban J connectivity index is 5.61. The normalized spacial score (nSPS) is 13.5. The average Bonchev–Trinajstić information content (AvgIpc) is 2.45. The number of rotatable bonds is 8. The fourth-order valence-corrected chi connectivity index (χ4v) is 1.69. The second kappa shape index (κ2) is 10.0. The average molecular weight is 340 g/mol. The first-order valence-electron chi connectivity index (χ1n) is 6.87. The largest absolute Gasteiger partial charge is 0.461 e. The van der Waals surface area contributed by atoms with E-state index in [0.29, 0.717) is 0 Å². The highest BCUT2D eigenvalue weighted by Crippen LogP contribution is 2.19. The maximum Gasteiger partial charge on any atom is 0.304 e. The van der Waals surface area contributed by atoms with Crippen molar-refractivity contribution in [2.24, 2.45) is 0 Å². The summed E-state index contributed by atoms with van der Waals surface area (Å²) in [5.41, 5.74) is 0.0963. The van der Waals surface area contributed by atoms with E-state index >= 15 is 0 Å². The molecule has 0 saturated carbocycles.